The second-order valence-electron chi connectivity index (χ2n) is 7.77. The van der Waals surface area contributed by atoms with E-state index in [0.29, 0.717) is 13.0 Å². The van der Waals surface area contributed by atoms with E-state index >= 15 is 0 Å². The second-order valence-corrected chi connectivity index (χ2v) is 7.77. The van der Waals surface area contributed by atoms with Crippen LogP contribution in [0.25, 0.3) is 0 Å². The first kappa shape index (κ1) is 22.9. The lowest BCUT2D eigenvalue weighted by molar-refractivity contribution is -0.235. The van der Waals surface area contributed by atoms with Crippen molar-refractivity contribution in [3.8, 4) is 0 Å². The Labute approximate surface area is 159 Å². The van der Waals surface area contributed by atoms with Gasteiger partial charge in [0.15, 0.2) is 0 Å². The van der Waals surface area contributed by atoms with Crippen LogP contribution < -0.4 is 0 Å². The van der Waals surface area contributed by atoms with Gasteiger partial charge < -0.3 is 44.8 Å². The largest absolute Gasteiger partial charge is 0.390 e. The van der Waals surface area contributed by atoms with E-state index in [-0.39, 0.29) is 31.2 Å². The van der Waals surface area contributed by atoms with Crippen molar-refractivity contribution >= 4 is 0 Å². The number of hydrogen-bond acceptors (Lipinski definition) is 9. The van der Waals surface area contributed by atoms with E-state index in [1.54, 1.807) is 20.8 Å². The highest BCUT2D eigenvalue weighted by molar-refractivity contribution is 4.92. The first-order valence-corrected chi connectivity index (χ1v) is 9.62. The topological polar surface area (TPSA) is 149 Å². The third kappa shape index (κ3) is 5.81. The minimum atomic E-state index is -0.891. The molecule has 11 atom stereocenters. The third-order valence-corrected chi connectivity index (χ3v) is 5.56. The van der Waals surface area contributed by atoms with Crippen LogP contribution in [0.3, 0.4) is 0 Å². The highest BCUT2D eigenvalue weighted by Crippen LogP contribution is 2.30. The molecule has 0 saturated carbocycles. The van der Waals surface area contributed by atoms with Gasteiger partial charge in [0, 0.05) is 19.4 Å². The Kier molecular flexibility index (Phi) is 8.41. The van der Waals surface area contributed by atoms with E-state index in [1.807, 2.05) is 0 Å². The first-order chi connectivity index (χ1) is 12.6. The lowest BCUT2D eigenvalue weighted by Gasteiger charge is -2.43. The summed E-state index contributed by atoms with van der Waals surface area (Å²) in [5.41, 5.74) is 0. The van der Waals surface area contributed by atoms with Crippen LogP contribution in [0.1, 0.15) is 40.0 Å². The van der Waals surface area contributed by atoms with Gasteiger partial charge in [0.05, 0.1) is 48.8 Å². The Bertz CT molecular complexity index is 389. The molecule has 3 fully saturated rings. The van der Waals surface area contributed by atoms with Crippen molar-refractivity contribution in [2.24, 2.45) is 0 Å². The van der Waals surface area contributed by atoms with Gasteiger partial charge in [0.25, 0.3) is 0 Å². The molecular formula is C18H34O9. The Morgan fingerprint density at radius 3 is 1.33 bits per heavy atom. The molecule has 0 spiro atoms. The van der Waals surface area contributed by atoms with Crippen molar-refractivity contribution in [3.05, 3.63) is 0 Å². The molecule has 6 unspecified atom stereocenters. The smallest absolute Gasteiger partial charge is 0.106 e. The minimum absolute atomic E-state index is 0.214. The summed E-state index contributed by atoms with van der Waals surface area (Å²) in [6, 6.07) is 0. The van der Waals surface area contributed by atoms with E-state index in [9.17, 15) is 20.4 Å². The standard InChI is InChI=1S/C12H22O6.C6H12O3/c1-5-11(15)7(13)3-9(17-5)10-4-8(14)12(16)6(2)18-10;1-4-6(8)5(7)2-3-9-4/h5-16H,3-4H2,1-2H3;4-8H,2-3H2,1H3/t5?,6?,7-,8-,9+,10+,11?,12?;4?,5-,6?/m11/s1. The van der Waals surface area contributed by atoms with Gasteiger partial charge in [0.2, 0.25) is 0 Å². The van der Waals surface area contributed by atoms with Crippen LogP contribution in [0.2, 0.25) is 0 Å². The quantitative estimate of drug-likeness (QED) is 0.306. The van der Waals surface area contributed by atoms with E-state index in [0.717, 1.165) is 0 Å². The summed E-state index contributed by atoms with van der Waals surface area (Å²) in [4.78, 5) is 0. The Hall–Kier alpha value is -0.360. The molecule has 3 heterocycles. The molecule has 160 valence electrons. The lowest BCUT2D eigenvalue weighted by atomic mass is 9.90. The molecule has 0 amide bonds. The monoisotopic (exact) mass is 394 g/mol. The fourth-order valence-corrected chi connectivity index (χ4v) is 3.64. The van der Waals surface area contributed by atoms with Crippen LogP contribution in [-0.2, 0) is 14.2 Å². The summed E-state index contributed by atoms with van der Waals surface area (Å²) in [6.45, 7) is 5.70. The van der Waals surface area contributed by atoms with Gasteiger partial charge in [-0.25, -0.2) is 0 Å². The van der Waals surface area contributed by atoms with Gasteiger partial charge in [-0.05, 0) is 27.2 Å². The van der Waals surface area contributed by atoms with E-state index in [1.165, 1.54) is 0 Å². The normalized spacial score (nSPS) is 51.2. The molecule has 3 rings (SSSR count). The zero-order chi connectivity index (χ0) is 20.3. The van der Waals surface area contributed by atoms with Crippen LogP contribution in [0.15, 0.2) is 0 Å². The second kappa shape index (κ2) is 9.91. The van der Waals surface area contributed by atoms with Crippen LogP contribution >= 0.6 is 0 Å². The van der Waals surface area contributed by atoms with Gasteiger partial charge >= 0.3 is 0 Å². The van der Waals surface area contributed by atoms with Gasteiger partial charge in [-0.15, -0.1) is 0 Å². The fourth-order valence-electron chi connectivity index (χ4n) is 3.64. The van der Waals surface area contributed by atoms with Gasteiger partial charge in [0.1, 0.15) is 18.3 Å². The molecule has 0 aromatic heterocycles. The Balaban J connectivity index is 0.000000244. The van der Waals surface area contributed by atoms with Crippen molar-refractivity contribution < 1.29 is 44.8 Å². The molecule has 0 radical (unpaired) electrons. The fraction of sp³-hybridized carbons (Fsp3) is 1.00. The summed E-state index contributed by atoms with van der Waals surface area (Å²) in [6.07, 6.45) is -5.57. The van der Waals surface area contributed by atoms with Crippen LogP contribution in [0.4, 0.5) is 0 Å². The molecule has 3 aliphatic heterocycles. The van der Waals surface area contributed by atoms with Crippen molar-refractivity contribution in [1.82, 2.24) is 0 Å². The van der Waals surface area contributed by atoms with E-state index in [4.69, 9.17) is 24.4 Å². The molecule has 3 aliphatic rings. The first-order valence-electron chi connectivity index (χ1n) is 9.62. The van der Waals surface area contributed by atoms with Crippen molar-refractivity contribution in [1.29, 1.82) is 0 Å². The number of rotatable bonds is 1. The molecule has 9 heteroatoms. The number of aliphatic hydroxyl groups is 6. The average Bonchev–Trinajstić information content (AvgIpc) is 2.61. The van der Waals surface area contributed by atoms with Crippen molar-refractivity contribution in [2.75, 3.05) is 6.61 Å². The summed E-state index contributed by atoms with van der Waals surface area (Å²) in [5.74, 6) is 0. The van der Waals surface area contributed by atoms with E-state index in [2.05, 4.69) is 0 Å². The molecule has 0 bridgehead atoms. The van der Waals surface area contributed by atoms with Gasteiger partial charge in [-0.2, -0.15) is 0 Å². The summed E-state index contributed by atoms with van der Waals surface area (Å²) >= 11 is 0. The van der Waals surface area contributed by atoms with Crippen LogP contribution in [0, 0.1) is 0 Å². The lowest BCUT2D eigenvalue weighted by Crippen LogP contribution is -2.56. The summed E-state index contributed by atoms with van der Waals surface area (Å²) < 4.78 is 16.3. The van der Waals surface area contributed by atoms with Gasteiger partial charge in [-0.1, -0.05) is 0 Å². The number of aliphatic hydroxyl groups excluding tert-OH is 6. The minimum Gasteiger partial charge on any atom is -0.390 e. The van der Waals surface area contributed by atoms with Crippen LogP contribution in [0.5, 0.6) is 0 Å². The maximum Gasteiger partial charge on any atom is 0.106 e. The van der Waals surface area contributed by atoms with Gasteiger partial charge in [-0.3, -0.25) is 0 Å². The average molecular weight is 394 g/mol. The van der Waals surface area contributed by atoms with Crippen molar-refractivity contribution in [3.63, 3.8) is 0 Å². The SMILES string of the molecule is CC1OCC[C@@H](O)C1O.CC1O[C@H]([C@@H]2C[C@@H](O)C(O)C(C)O2)C[C@@H](O)C1O. The van der Waals surface area contributed by atoms with E-state index < -0.39 is 48.8 Å². The predicted molar refractivity (Wildman–Crippen MR) is 94.0 cm³/mol. The molecule has 0 aliphatic carbocycles. The molecule has 0 aromatic carbocycles. The Morgan fingerprint density at radius 1 is 0.593 bits per heavy atom. The Morgan fingerprint density at radius 2 is 1.00 bits per heavy atom. The molecule has 6 N–H and O–H groups in total. The number of hydrogen-bond donors (Lipinski definition) is 6. The molecule has 3 saturated heterocycles. The summed E-state index contributed by atoms with van der Waals surface area (Å²) in [5, 5.41) is 56.8. The third-order valence-electron chi connectivity index (χ3n) is 5.56. The maximum absolute atomic E-state index is 9.74. The zero-order valence-corrected chi connectivity index (χ0v) is 16.1. The molecular weight excluding hydrogens is 360 g/mol. The predicted octanol–water partition coefficient (Wildman–Crippen LogP) is -1.70. The van der Waals surface area contributed by atoms with Crippen molar-refractivity contribution in [2.45, 2.75) is 107 Å². The molecule has 9 nitrogen and oxygen atoms in total. The maximum atomic E-state index is 9.74. The summed E-state index contributed by atoms with van der Waals surface area (Å²) in [7, 11) is 0. The molecule has 27 heavy (non-hydrogen) atoms. The zero-order valence-electron chi connectivity index (χ0n) is 16.1. The highest BCUT2D eigenvalue weighted by Gasteiger charge is 2.43. The number of ether oxygens (including phenoxy) is 3. The van der Waals surface area contributed by atoms with Crippen LogP contribution in [-0.4, -0.2) is 104 Å². The highest BCUT2D eigenvalue weighted by atomic mass is 16.6. The molecule has 0 aromatic rings.